The number of methoxy groups -OCH3 is 2. The standard InChI is InChI=1S/C19H25NO5/c1-20-9-8-17-14-11-4-5-12(23-2)15(14)25-16(17)19(22,24-3)7-6-18(17,21)13(20)10-11/h4-5,13,16,21-22H,6-10H2,1-3H3/t13-,16+,17+,18-,19?/m1/s1. The molecule has 25 heavy (non-hydrogen) atoms. The number of likely N-dealkylation sites (tertiary alicyclic amines) is 1. The molecule has 1 saturated carbocycles. The van der Waals surface area contributed by atoms with Crippen molar-refractivity contribution in [2.45, 2.75) is 54.6 Å². The molecule has 0 amide bonds. The van der Waals surface area contributed by atoms with Gasteiger partial charge in [-0.3, -0.25) is 0 Å². The van der Waals surface area contributed by atoms with Crippen molar-refractivity contribution in [3.8, 4) is 11.5 Å². The van der Waals surface area contributed by atoms with E-state index in [2.05, 4.69) is 18.0 Å². The molecule has 1 unspecified atom stereocenters. The molecule has 2 heterocycles. The molecule has 5 atom stereocenters. The fourth-order valence-electron chi connectivity index (χ4n) is 6.09. The highest BCUT2D eigenvalue weighted by molar-refractivity contribution is 5.63. The third-order valence-corrected chi connectivity index (χ3v) is 7.31. The molecule has 2 aliphatic heterocycles. The normalized spacial score (nSPS) is 44.2. The predicted octanol–water partition coefficient (Wildman–Crippen LogP) is 0.814. The van der Waals surface area contributed by atoms with Gasteiger partial charge in [0.1, 0.15) is 0 Å². The summed E-state index contributed by atoms with van der Waals surface area (Å²) in [5.74, 6) is -0.0878. The van der Waals surface area contributed by atoms with Crippen molar-refractivity contribution in [1.29, 1.82) is 0 Å². The van der Waals surface area contributed by atoms with Crippen molar-refractivity contribution in [2.24, 2.45) is 0 Å². The van der Waals surface area contributed by atoms with E-state index < -0.39 is 22.9 Å². The summed E-state index contributed by atoms with van der Waals surface area (Å²) in [6.07, 6.45) is 1.71. The second-order valence-corrected chi connectivity index (χ2v) is 8.02. The lowest BCUT2D eigenvalue weighted by atomic mass is 9.48. The van der Waals surface area contributed by atoms with Gasteiger partial charge in [0.15, 0.2) is 17.6 Å². The van der Waals surface area contributed by atoms with Crippen molar-refractivity contribution in [3.63, 3.8) is 0 Å². The molecule has 2 N–H and O–H groups in total. The van der Waals surface area contributed by atoms with Crippen LogP contribution in [0.25, 0.3) is 0 Å². The van der Waals surface area contributed by atoms with Crippen LogP contribution in [0.2, 0.25) is 0 Å². The Kier molecular flexibility index (Phi) is 2.97. The van der Waals surface area contributed by atoms with Crippen LogP contribution in [0.15, 0.2) is 12.1 Å². The average Bonchev–Trinajstić information content (AvgIpc) is 2.97. The molecule has 0 radical (unpaired) electrons. The van der Waals surface area contributed by atoms with Gasteiger partial charge in [-0.05, 0) is 44.5 Å². The lowest BCUT2D eigenvalue weighted by molar-refractivity contribution is -0.309. The van der Waals surface area contributed by atoms with E-state index in [1.807, 2.05) is 6.07 Å². The molecule has 6 nitrogen and oxygen atoms in total. The largest absolute Gasteiger partial charge is 0.493 e. The molecular formula is C19H25NO5. The Hall–Kier alpha value is -1.34. The molecule has 2 aliphatic carbocycles. The molecule has 0 aromatic heterocycles. The fraction of sp³-hybridized carbons (Fsp3) is 0.684. The molecule has 1 aromatic carbocycles. The topological polar surface area (TPSA) is 71.4 Å². The van der Waals surface area contributed by atoms with Crippen molar-refractivity contribution in [2.75, 3.05) is 27.8 Å². The minimum absolute atomic E-state index is 0.0144. The number of hydrogen-bond donors (Lipinski definition) is 2. The molecular weight excluding hydrogens is 322 g/mol. The smallest absolute Gasteiger partial charge is 0.204 e. The molecule has 1 saturated heterocycles. The van der Waals surface area contributed by atoms with Crippen LogP contribution in [0, 0.1) is 0 Å². The molecule has 2 fully saturated rings. The SMILES string of the molecule is COc1ccc2c3c1O[C@@H]1C(O)(OC)CC[C@@]4(O)[C@@H](C2)N(C)CC[C@]314. The van der Waals surface area contributed by atoms with Gasteiger partial charge < -0.3 is 29.3 Å². The number of aliphatic hydroxyl groups is 2. The second-order valence-electron chi connectivity index (χ2n) is 8.02. The van der Waals surface area contributed by atoms with Gasteiger partial charge in [-0.15, -0.1) is 0 Å². The number of benzene rings is 1. The number of hydrogen-bond acceptors (Lipinski definition) is 6. The van der Waals surface area contributed by atoms with E-state index in [1.165, 1.54) is 12.7 Å². The Bertz CT molecular complexity index is 754. The van der Waals surface area contributed by atoms with Crippen molar-refractivity contribution in [1.82, 2.24) is 4.90 Å². The van der Waals surface area contributed by atoms with Crippen LogP contribution in [0.4, 0.5) is 0 Å². The maximum Gasteiger partial charge on any atom is 0.204 e. The highest BCUT2D eigenvalue weighted by Crippen LogP contribution is 2.66. The molecule has 2 bridgehead atoms. The number of nitrogens with zero attached hydrogens (tertiary/aromatic N) is 1. The molecule has 1 aromatic rings. The maximum atomic E-state index is 11.9. The van der Waals surface area contributed by atoms with E-state index in [9.17, 15) is 10.2 Å². The Morgan fingerprint density at radius 1 is 1.20 bits per heavy atom. The summed E-state index contributed by atoms with van der Waals surface area (Å²) >= 11 is 0. The average molecular weight is 347 g/mol. The first kappa shape index (κ1) is 15.9. The van der Waals surface area contributed by atoms with Gasteiger partial charge in [0.05, 0.1) is 18.1 Å². The maximum absolute atomic E-state index is 11.9. The van der Waals surface area contributed by atoms with Gasteiger partial charge in [-0.25, -0.2) is 0 Å². The molecule has 1 spiro atoms. The molecule has 136 valence electrons. The highest BCUT2D eigenvalue weighted by atomic mass is 16.7. The third-order valence-electron chi connectivity index (χ3n) is 7.31. The summed E-state index contributed by atoms with van der Waals surface area (Å²) in [5.41, 5.74) is 0.601. The van der Waals surface area contributed by atoms with E-state index in [0.717, 1.165) is 24.9 Å². The zero-order valence-electron chi connectivity index (χ0n) is 14.9. The van der Waals surface area contributed by atoms with Crippen LogP contribution >= 0.6 is 0 Å². The van der Waals surface area contributed by atoms with E-state index in [1.54, 1.807) is 7.11 Å². The van der Waals surface area contributed by atoms with Crippen LogP contribution in [-0.2, 0) is 16.6 Å². The van der Waals surface area contributed by atoms with Gasteiger partial charge in [0.25, 0.3) is 0 Å². The zero-order chi connectivity index (χ0) is 17.6. The summed E-state index contributed by atoms with van der Waals surface area (Å²) in [7, 11) is 5.21. The Morgan fingerprint density at radius 3 is 2.72 bits per heavy atom. The quantitative estimate of drug-likeness (QED) is 0.772. The first-order valence-electron chi connectivity index (χ1n) is 8.98. The van der Waals surface area contributed by atoms with Crippen LogP contribution in [-0.4, -0.2) is 66.5 Å². The number of ether oxygens (including phenoxy) is 3. The van der Waals surface area contributed by atoms with Crippen LogP contribution in [0.1, 0.15) is 30.4 Å². The van der Waals surface area contributed by atoms with E-state index in [0.29, 0.717) is 24.3 Å². The van der Waals surface area contributed by atoms with E-state index in [4.69, 9.17) is 14.2 Å². The Labute approximate surface area is 147 Å². The Balaban J connectivity index is 1.84. The number of piperidine rings is 1. The van der Waals surface area contributed by atoms with Gasteiger partial charge in [0, 0.05) is 25.1 Å². The summed E-state index contributed by atoms with van der Waals surface area (Å²) in [6.45, 7) is 0.850. The van der Waals surface area contributed by atoms with Gasteiger partial charge in [-0.2, -0.15) is 0 Å². The summed E-state index contributed by atoms with van der Waals surface area (Å²) in [6, 6.07) is 4.02. The first-order valence-corrected chi connectivity index (χ1v) is 8.98. The predicted molar refractivity (Wildman–Crippen MR) is 90.0 cm³/mol. The lowest BCUT2D eigenvalue weighted by Gasteiger charge is -2.64. The van der Waals surface area contributed by atoms with Crippen LogP contribution in [0.5, 0.6) is 11.5 Å². The molecule has 5 rings (SSSR count). The minimum Gasteiger partial charge on any atom is -0.493 e. The first-order chi connectivity index (χ1) is 11.9. The summed E-state index contributed by atoms with van der Waals surface area (Å²) < 4.78 is 17.4. The van der Waals surface area contributed by atoms with Gasteiger partial charge >= 0.3 is 0 Å². The van der Waals surface area contributed by atoms with Gasteiger partial charge in [-0.1, -0.05) is 6.07 Å². The van der Waals surface area contributed by atoms with Crippen LogP contribution < -0.4 is 9.47 Å². The van der Waals surface area contributed by atoms with Crippen molar-refractivity contribution >= 4 is 0 Å². The summed E-state index contributed by atoms with van der Waals surface area (Å²) in [4.78, 5) is 2.25. The minimum atomic E-state index is -1.41. The van der Waals surface area contributed by atoms with Crippen LogP contribution in [0.3, 0.4) is 0 Å². The number of likely N-dealkylation sites (N-methyl/N-ethyl adjacent to an activating group) is 1. The summed E-state index contributed by atoms with van der Waals surface area (Å²) in [5, 5.41) is 23.1. The fourth-order valence-corrected chi connectivity index (χ4v) is 6.09. The zero-order valence-corrected chi connectivity index (χ0v) is 14.9. The van der Waals surface area contributed by atoms with Gasteiger partial charge in [0.2, 0.25) is 5.79 Å². The molecule has 4 aliphatic rings. The van der Waals surface area contributed by atoms with E-state index in [-0.39, 0.29) is 6.04 Å². The Morgan fingerprint density at radius 2 is 2.00 bits per heavy atom. The number of rotatable bonds is 2. The van der Waals surface area contributed by atoms with Crippen molar-refractivity contribution in [3.05, 3.63) is 23.3 Å². The monoisotopic (exact) mass is 347 g/mol. The second kappa shape index (κ2) is 4.68. The highest BCUT2D eigenvalue weighted by Gasteiger charge is 2.76. The third kappa shape index (κ3) is 1.56. The molecule has 6 heteroatoms. The van der Waals surface area contributed by atoms with E-state index >= 15 is 0 Å². The lowest BCUT2D eigenvalue weighted by Crippen LogP contribution is -2.79. The van der Waals surface area contributed by atoms with Crippen molar-refractivity contribution < 1.29 is 24.4 Å².